The summed E-state index contributed by atoms with van der Waals surface area (Å²) >= 11 is 2.95. The van der Waals surface area contributed by atoms with Crippen LogP contribution in [-0.2, 0) is 14.8 Å². The number of thiazole rings is 1. The summed E-state index contributed by atoms with van der Waals surface area (Å²) in [6, 6.07) is 3.93. The first-order valence-corrected chi connectivity index (χ1v) is 12.3. The molecule has 1 fully saturated rings. The summed E-state index contributed by atoms with van der Waals surface area (Å²) in [6.07, 6.45) is 1.24. The van der Waals surface area contributed by atoms with Crippen molar-refractivity contribution >= 4 is 43.7 Å². The summed E-state index contributed by atoms with van der Waals surface area (Å²) in [5.41, 5.74) is 1.16. The smallest absolute Gasteiger partial charge is 0.248 e. The molecular formula is C18H20N4O4S3. The molecule has 1 aliphatic heterocycles. The molecule has 1 amide bonds. The predicted octanol–water partition coefficient (Wildman–Crippen LogP) is 3.52. The van der Waals surface area contributed by atoms with E-state index in [0.717, 1.165) is 10.6 Å². The maximum Gasteiger partial charge on any atom is 0.248 e. The Morgan fingerprint density at radius 3 is 2.86 bits per heavy atom. The monoisotopic (exact) mass is 452 g/mol. The van der Waals surface area contributed by atoms with Gasteiger partial charge < -0.3 is 9.84 Å². The molecule has 4 rings (SSSR count). The Hall–Kier alpha value is -2.08. The zero-order valence-electron chi connectivity index (χ0n) is 15.9. The normalized spacial score (nSPS) is 18.1. The van der Waals surface area contributed by atoms with Crippen molar-refractivity contribution in [1.29, 1.82) is 0 Å². The van der Waals surface area contributed by atoms with E-state index in [1.165, 1.54) is 15.6 Å². The second-order valence-electron chi connectivity index (χ2n) is 6.86. The average molecular weight is 453 g/mol. The molecule has 1 N–H and O–H groups in total. The number of nitrogens with one attached hydrogen (secondary N) is 1. The number of hydrogen-bond acceptors (Lipinski definition) is 8. The number of carbonyl (C=O) groups excluding carboxylic acids is 1. The van der Waals surface area contributed by atoms with Crippen LogP contribution in [0.4, 0.5) is 5.13 Å². The third-order valence-corrected chi connectivity index (χ3v) is 8.59. The number of nitrogens with zero attached hydrogens (tertiary/aromatic N) is 3. The van der Waals surface area contributed by atoms with Crippen LogP contribution >= 0.6 is 22.7 Å². The van der Waals surface area contributed by atoms with Gasteiger partial charge in [0.05, 0.1) is 16.5 Å². The van der Waals surface area contributed by atoms with Gasteiger partial charge in [-0.2, -0.15) is 4.31 Å². The van der Waals surface area contributed by atoms with E-state index in [1.54, 1.807) is 25.2 Å². The van der Waals surface area contributed by atoms with Gasteiger partial charge in [-0.25, -0.2) is 13.4 Å². The summed E-state index contributed by atoms with van der Waals surface area (Å²) in [4.78, 5) is 18.4. The Bertz CT molecular complexity index is 1100. The second-order valence-corrected chi connectivity index (χ2v) is 10.5. The summed E-state index contributed by atoms with van der Waals surface area (Å²) in [7, 11) is -3.76. The topological polar surface area (TPSA) is 105 Å². The molecule has 1 unspecified atom stereocenters. The molecule has 11 heteroatoms. The first kappa shape index (κ1) is 20.2. The van der Waals surface area contributed by atoms with Crippen molar-refractivity contribution in [3.8, 4) is 10.6 Å². The molecule has 1 aliphatic rings. The van der Waals surface area contributed by atoms with Gasteiger partial charge in [-0.1, -0.05) is 11.2 Å². The van der Waals surface area contributed by atoms with Crippen molar-refractivity contribution in [2.45, 2.75) is 31.6 Å². The van der Waals surface area contributed by atoms with E-state index in [1.807, 2.05) is 22.9 Å². The quantitative estimate of drug-likeness (QED) is 0.635. The molecule has 0 spiro atoms. The van der Waals surface area contributed by atoms with Crippen molar-refractivity contribution in [2.24, 2.45) is 5.92 Å². The highest BCUT2D eigenvalue weighted by Gasteiger charge is 2.36. The fourth-order valence-electron chi connectivity index (χ4n) is 3.42. The minimum atomic E-state index is -3.76. The van der Waals surface area contributed by atoms with Gasteiger partial charge in [-0.3, -0.25) is 4.79 Å². The van der Waals surface area contributed by atoms with Crippen molar-refractivity contribution in [3.05, 3.63) is 34.3 Å². The lowest BCUT2D eigenvalue weighted by molar-refractivity contribution is -0.120. The third-order valence-electron chi connectivity index (χ3n) is 4.83. The molecule has 0 radical (unpaired) electrons. The number of aromatic nitrogens is 2. The van der Waals surface area contributed by atoms with Gasteiger partial charge in [0.2, 0.25) is 15.9 Å². The van der Waals surface area contributed by atoms with Gasteiger partial charge in [0, 0.05) is 18.5 Å². The number of aryl methyl sites for hydroxylation is 2. The Labute approximate surface area is 176 Å². The second kappa shape index (κ2) is 7.98. The molecule has 0 aliphatic carbocycles. The summed E-state index contributed by atoms with van der Waals surface area (Å²) in [5, 5.41) is 11.0. The van der Waals surface area contributed by atoms with Gasteiger partial charge in [0.1, 0.15) is 10.6 Å². The van der Waals surface area contributed by atoms with E-state index in [9.17, 15) is 13.2 Å². The van der Waals surface area contributed by atoms with Crippen LogP contribution < -0.4 is 5.32 Å². The van der Waals surface area contributed by atoms with Crippen molar-refractivity contribution in [3.63, 3.8) is 0 Å². The molecule has 1 atom stereocenters. The van der Waals surface area contributed by atoms with Crippen LogP contribution in [0.5, 0.6) is 0 Å². The third kappa shape index (κ3) is 4.00. The predicted molar refractivity (Wildman–Crippen MR) is 112 cm³/mol. The number of carbonyl (C=O) groups is 1. The first-order valence-electron chi connectivity index (χ1n) is 9.09. The van der Waals surface area contributed by atoms with E-state index in [2.05, 4.69) is 15.5 Å². The molecule has 4 heterocycles. The number of piperidine rings is 1. The zero-order valence-corrected chi connectivity index (χ0v) is 18.4. The van der Waals surface area contributed by atoms with Gasteiger partial charge in [0.15, 0.2) is 10.9 Å². The molecule has 3 aromatic heterocycles. The lowest BCUT2D eigenvalue weighted by atomic mass is 9.99. The minimum absolute atomic E-state index is 0.0964. The number of hydrogen-bond donors (Lipinski definition) is 1. The highest BCUT2D eigenvalue weighted by molar-refractivity contribution is 7.89. The fraction of sp³-hybridized carbons (Fsp3) is 0.389. The van der Waals surface area contributed by atoms with Gasteiger partial charge in [-0.15, -0.1) is 22.7 Å². The maximum atomic E-state index is 13.0. The van der Waals surface area contributed by atoms with E-state index < -0.39 is 15.9 Å². The largest absolute Gasteiger partial charge is 0.360 e. The molecule has 8 nitrogen and oxygen atoms in total. The van der Waals surface area contributed by atoms with Crippen LogP contribution in [0.1, 0.15) is 24.3 Å². The van der Waals surface area contributed by atoms with Crippen LogP contribution in [0.25, 0.3) is 10.6 Å². The van der Waals surface area contributed by atoms with E-state index >= 15 is 0 Å². The highest BCUT2D eigenvalue weighted by atomic mass is 32.2. The van der Waals surface area contributed by atoms with Crippen molar-refractivity contribution < 1.29 is 17.7 Å². The standard InChI is InChI=1S/C18H20N4O4S3/c1-11-16(12(2)26-21-11)29(24,25)22-7-3-5-13(9-22)17(23)20-18-19-14(10-28-18)15-6-4-8-27-15/h4,6,8,10,13H,3,5,7,9H2,1-2H3,(H,19,20,23). The Morgan fingerprint density at radius 2 is 2.17 bits per heavy atom. The first-order chi connectivity index (χ1) is 13.9. The van der Waals surface area contributed by atoms with Crippen LogP contribution in [0.2, 0.25) is 0 Å². The van der Waals surface area contributed by atoms with Crippen LogP contribution in [0.15, 0.2) is 32.3 Å². The SMILES string of the molecule is Cc1noc(C)c1S(=O)(=O)N1CCCC(C(=O)Nc2nc(-c3cccs3)cs2)C1. The molecule has 0 aromatic carbocycles. The molecule has 3 aromatic rings. The summed E-state index contributed by atoms with van der Waals surface area (Å²) < 4.78 is 32.4. The Balaban J connectivity index is 1.46. The van der Waals surface area contributed by atoms with Crippen molar-refractivity contribution in [1.82, 2.24) is 14.4 Å². The number of thiophene rings is 1. The van der Waals surface area contributed by atoms with Gasteiger partial charge >= 0.3 is 0 Å². The van der Waals surface area contributed by atoms with Crippen LogP contribution in [-0.4, -0.2) is 41.9 Å². The lowest BCUT2D eigenvalue weighted by Gasteiger charge is -2.30. The maximum absolute atomic E-state index is 13.0. The number of amides is 1. The summed E-state index contributed by atoms with van der Waals surface area (Å²) in [5.74, 6) is -0.387. The Morgan fingerprint density at radius 1 is 1.34 bits per heavy atom. The highest BCUT2D eigenvalue weighted by Crippen LogP contribution is 2.30. The van der Waals surface area contributed by atoms with E-state index in [-0.39, 0.29) is 23.1 Å². The van der Waals surface area contributed by atoms with Crippen LogP contribution in [0, 0.1) is 19.8 Å². The van der Waals surface area contributed by atoms with Crippen molar-refractivity contribution in [2.75, 3.05) is 18.4 Å². The fourth-order valence-corrected chi connectivity index (χ4v) is 6.71. The van der Waals surface area contributed by atoms with Gasteiger partial charge in [0.25, 0.3) is 0 Å². The number of rotatable bonds is 5. The molecular weight excluding hydrogens is 432 g/mol. The molecule has 29 heavy (non-hydrogen) atoms. The Kier molecular flexibility index (Phi) is 5.56. The van der Waals surface area contributed by atoms with Gasteiger partial charge in [-0.05, 0) is 38.1 Å². The number of sulfonamides is 1. The van der Waals surface area contributed by atoms with E-state index in [4.69, 9.17) is 4.52 Å². The lowest BCUT2D eigenvalue weighted by Crippen LogP contribution is -2.43. The average Bonchev–Trinajstić information content (AvgIpc) is 3.43. The van der Waals surface area contributed by atoms with Crippen LogP contribution in [0.3, 0.4) is 0 Å². The number of anilines is 1. The molecule has 154 valence electrons. The van der Waals surface area contributed by atoms with E-state index in [0.29, 0.717) is 30.2 Å². The molecule has 0 bridgehead atoms. The summed E-state index contributed by atoms with van der Waals surface area (Å²) in [6.45, 7) is 3.68. The zero-order chi connectivity index (χ0) is 20.6. The molecule has 1 saturated heterocycles. The molecule has 0 saturated carbocycles. The minimum Gasteiger partial charge on any atom is -0.360 e.